The van der Waals surface area contributed by atoms with E-state index in [-0.39, 0.29) is 5.91 Å². The molecule has 0 bridgehead atoms. The molecule has 1 unspecified atom stereocenters. The first-order chi connectivity index (χ1) is 10.3. The highest BCUT2D eigenvalue weighted by Gasteiger charge is 2.29. The van der Waals surface area contributed by atoms with Crippen LogP contribution in [0.4, 0.5) is 0 Å². The zero-order valence-corrected chi connectivity index (χ0v) is 12.3. The highest BCUT2D eigenvalue weighted by molar-refractivity contribution is 5.82. The Kier molecular flexibility index (Phi) is 4.15. The van der Waals surface area contributed by atoms with E-state index in [1.807, 2.05) is 29.3 Å². The molecular weight excluding hydrogens is 264 g/mol. The van der Waals surface area contributed by atoms with Gasteiger partial charge in [0.1, 0.15) is 0 Å². The van der Waals surface area contributed by atoms with E-state index in [0.29, 0.717) is 25.5 Å². The van der Waals surface area contributed by atoms with E-state index >= 15 is 0 Å². The fraction of sp³-hybridized carbons (Fsp3) is 0.412. The molecule has 110 valence electrons. The van der Waals surface area contributed by atoms with Crippen LogP contribution in [0, 0.1) is 5.92 Å². The van der Waals surface area contributed by atoms with Gasteiger partial charge in [-0.25, -0.2) is 0 Å². The third-order valence-electron chi connectivity index (χ3n) is 4.11. The Morgan fingerprint density at radius 2 is 2.19 bits per heavy atom. The fourth-order valence-electron chi connectivity index (χ4n) is 3.05. The van der Waals surface area contributed by atoms with Crippen molar-refractivity contribution in [2.24, 2.45) is 5.92 Å². The number of rotatable bonds is 5. The number of nitrogens with zero attached hydrogens (tertiary/aromatic N) is 2. The average Bonchev–Trinajstić information content (AvgIpc) is 2.85. The molecule has 3 rings (SSSR count). The molecule has 2 heterocycles. The monoisotopic (exact) mass is 284 g/mol. The van der Waals surface area contributed by atoms with E-state index in [2.05, 4.69) is 17.1 Å². The molecular formula is C17H20N2O2. The molecule has 0 saturated carbocycles. The lowest BCUT2D eigenvalue weighted by Crippen LogP contribution is -2.28. The molecule has 1 aliphatic heterocycles. The summed E-state index contributed by atoms with van der Waals surface area (Å²) in [4.78, 5) is 18.3. The third kappa shape index (κ3) is 3.05. The Morgan fingerprint density at radius 3 is 3.05 bits per heavy atom. The molecule has 1 aliphatic rings. The van der Waals surface area contributed by atoms with Crippen molar-refractivity contribution in [1.82, 2.24) is 9.88 Å². The molecule has 2 aromatic rings. The first kappa shape index (κ1) is 14.0. The van der Waals surface area contributed by atoms with Crippen molar-refractivity contribution in [2.45, 2.75) is 12.8 Å². The van der Waals surface area contributed by atoms with Gasteiger partial charge in [-0.05, 0) is 30.0 Å². The van der Waals surface area contributed by atoms with Crippen molar-refractivity contribution in [3.05, 3.63) is 42.1 Å². The predicted molar refractivity (Wildman–Crippen MR) is 82.0 cm³/mol. The summed E-state index contributed by atoms with van der Waals surface area (Å²) in [7, 11) is 1.67. The number of amides is 1. The average molecular weight is 284 g/mol. The maximum absolute atomic E-state index is 12.0. The predicted octanol–water partition coefficient (Wildman–Crippen LogP) is 2.27. The van der Waals surface area contributed by atoms with E-state index in [4.69, 9.17) is 4.74 Å². The number of carbonyl (C=O) groups excluding carboxylic acids is 1. The maximum Gasteiger partial charge on any atom is 0.223 e. The molecule has 4 heteroatoms. The topological polar surface area (TPSA) is 42.4 Å². The van der Waals surface area contributed by atoms with Crippen molar-refractivity contribution >= 4 is 16.8 Å². The number of benzene rings is 1. The van der Waals surface area contributed by atoms with Crippen molar-refractivity contribution in [3.8, 4) is 0 Å². The number of methoxy groups -OCH3 is 1. The van der Waals surface area contributed by atoms with Gasteiger partial charge < -0.3 is 9.64 Å². The van der Waals surface area contributed by atoms with Crippen molar-refractivity contribution in [1.29, 1.82) is 0 Å². The second-order valence-corrected chi connectivity index (χ2v) is 5.59. The molecule has 0 spiro atoms. The maximum atomic E-state index is 12.0. The van der Waals surface area contributed by atoms with Gasteiger partial charge in [0.2, 0.25) is 5.91 Å². The molecule has 21 heavy (non-hydrogen) atoms. The molecule has 1 aromatic heterocycles. The molecule has 1 amide bonds. The summed E-state index contributed by atoms with van der Waals surface area (Å²) in [6.45, 7) is 2.14. The Morgan fingerprint density at radius 1 is 1.33 bits per heavy atom. The summed E-state index contributed by atoms with van der Waals surface area (Å²) in [6, 6.07) is 10.3. The zero-order chi connectivity index (χ0) is 14.7. The number of fused-ring (bicyclic) bond motifs is 1. The van der Waals surface area contributed by atoms with Gasteiger partial charge in [0.05, 0.1) is 12.1 Å². The number of ether oxygens (including phenoxy) is 1. The van der Waals surface area contributed by atoms with E-state index in [1.54, 1.807) is 7.11 Å². The quantitative estimate of drug-likeness (QED) is 0.846. The standard InChI is InChI=1S/C17H20N2O2/c1-21-9-8-19-12-13(11-17(19)20)10-14-6-7-18-16-5-3-2-4-15(14)16/h2-7,13H,8-12H2,1H3. The van der Waals surface area contributed by atoms with Crippen LogP contribution in [0.15, 0.2) is 36.5 Å². The van der Waals surface area contributed by atoms with Crippen LogP contribution in [0.2, 0.25) is 0 Å². The summed E-state index contributed by atoms with van der Waals surface area (Å²) in [5.41, 5.74) is 2.31. The number of hydrogen-bond acceptors (Lipinski definition) is 3. The van der Waals surface area contributed by atoms with Crippen LogP contribution in [0.3, 0.4) is 0 Å². The summed E-state index contributed by atoms with van der Waals surface area (Å²) < 4.78 is 5.06. The number of para-hydroxylation sites is 1. The molecule has 1 aromatic carbocycles. The lowest BCUT2D eigenvalue weighted by molar-refractivity contribution is -0.128. The molecule has 0 aliphatic carbocycles. The molecule has 4 nitrogen and oxygen atoms in total. The van der Waals surface area contributed by atoms with Gasteiger partial charge in [-0.3, -0.25) is 9.78 Å². The minimum absolute atomic E-state index is 0.246. The van der Waals surface area contributed by atoms with Gasteiger partial charge in [0, 0.05) is 38.2 Å². The molecule has 0 N–H and O–H groups in total. The van der Waals surface area contributed by atoms with Crippen LogP contribution >= 0.6 is 0 Å². The Balaban J connectivity index is 1.73. The van der Waals surface area contributed by atoms with Crippen LogP contribution in [0.5, 0.6) is 0 Å². The minimum atomic E-state index is 0.246. The van der Waals surface area contributed by atoms with E-state index < -0.39 is 0 Å². The first-order valence-corrected chi connectivity index (χ1v) is 7.37. The minimum Gasteiger partial charge on any atom is -0.383 e. The van der Waals surface area contributed by atoms with Gasteiger partial charge in [-0.2, -0.15) is 0 Å². The van der Waals surface area contributed by atoms with Crippen LogP contribution < -0.4 is 0 Å². The highest BCUT2D eigenvalue weighted by atomic mass is 16.5. The van der Waals surface area contributed by atoms with Crippen LogP contribution in [-0.2, 0) is 16.0 Å². The zero-order valence-electron chi connectivity index (χ0n) is 12.3. The SMILES string of the molecule is COCCN1CC(Cc2ccnc3ccccc23)CC1=O. The van der Waals surface area contributed by atoms with Crippen LogP contribution in [0.1, 0.15) is 12.0 Å². The first-order valence-electron chi connectivity index (χ1n) is 7.37. The Labute approximate surface area is 124 Å². The number of aromatic nitrogens is 1. The smallest absolute Gasteiger partial charge is 0.223 e. The number of hydrogen-bond donors (Lipinski definition) is 0. The molecule has 1 saturated heterocycles. The second-order valence-electron chi connectivity index (χ2n) is 5.59. The second kappa shape index (κ2) is 6.22. The van der Waals surface area contributed by atoms with Crippen molar-refractivity contribution in [3.63, 3.8) is 0 Å². The lowest BCUT2D eigenvalue weighted by atomic mass is 9.96. The van der Waals surface area contributed by atoms with Gasteiger partial charge in [-0.15, -0.1) is 0 Å². The van der Waals surface area contributed by atoms with E-state index in [0.717, 1.165) is 18.5 Å². The summed E-state index contributed by atoms with van der Waals surface area (Å²) >= 11 is 0. The highest BCUT2D eigenvalue weighted by Crippen LogP contribution is 2.25. The van der Waals surface area contributed by atoms with E-state index in [9.17, 15) is 4.79 Å². The third-order valence-corrected chi connectivity index (χ3v) is 4.11. The van der Waals surface area contributed by atoms with Gasteiger partial charge in [0.15, 0.2) is 0 Å². The normalized spacial score (nSPS) is 18.6. The van der Waals surface area contributed by atoms with Gasteiger partial charge in [-0.1, -0.05) is 18.2 Å². The van der Waals surface area contributed by atoms with Crippen molar-refractivity contribution in [2.75, 3.05) is 26.8 Å². The number of likely N-dealkylation sites (tertiary alicyclic amines) is 1. The molecule has 1 fully saturated rings. The van der Waals surface area contributed by atoms with E-state index in [1.165, 1.54) is 10.9 Å². The van der Waals surface area contributed by atoms with Gasteiger partial charge in [0.25, 0.3) is 0 Å². The van der Waals surface area contributed by atoms with Crippen LogP contribution in [-0.4, -0.2) is 42.6 Å². The lowest BCUT2D eigenvalue weighted by Gasteiger charge is -2.16. The largest absolute Gasteiger partial charge is 0.383 e. The summed E-state index contributed by atoms with van der Waals surface area (Å²) in [5, 5.41) is 1.20. The van der Waals surface area contributed by atoms with Crippen molar-refractivity contribution < 1.29 is 9.53 Å². The van der Waals surface area contributed by atoms with Crippen LogP contribution in [0.25, 0.3) is 10.9 Å². The summed E-state index contributed by atoms with van der Waals surface area (Å²) in [6.07, 6.45) is 3.43. The fourth-order valence-corrected chi connectivity index (χ4v) is 3.05. The number of carbonyl (C=O) groups is 1. The Hall–Kier alpha value is -1.94. The number of pyridine rings is 1. The molecule has 1 atom stereocenters. The van der Waals surface area contributed by atoms with Gasteiger partial charge >= 0.3 is 0 Å². The summed E-state index contributed by atoms with van der Waals surface area (Å²) in [5.74, 6) is 0.635. The molecule has 0 radical (unpaired) electrons. The Bertz CT molecular complexity index is 636.